The second kappa shape index (κ2) is 8.50. The minimum absolute atomic E-state index is 0.0311. The summed E-state index contributed by atoms with van der Waals surface area (Å²) in [6, 6.07) is 9.60. The number of rotatable bonds is 5. The van der Waals surface area contributed by atoms with Crippen LogP contribution in [0.4, 0.5) is 0 Å². The van der Waals surface area contributed by atoms with Crippen LogP contribution in [0.3, 0.4) is 0 Å². The number of aryl methyl sites for hydroxylation is 1. The molecular formula is C21H25NO6. The first-order chi connectivity index (χ1) is 13.5. The van der Waals surface area contributed by atoms with E-state index in [4.69, 9.17) is 14.2 Å². The molecule has 1 aliphatic rings. The van der Waals surface area contributed by atoms with E-state index in [1.807, 2.05) is 13.0 Å². The number of aliphatic hydroxyl groups is 1. The lowest BCUT2D eigenvalue weighted by Gasteiger charge is -2.41. The number of amides is 1. The molecule has 1 aliphatic heterocycles. The highest BCUT2D eigenvalue weighted by molar-refractivity contribution is 5.96. The van der Waals surface area contributed by atoms with Crippen molar-refractivity contribution in [1.29, 1.82) is 0 Å². The topological polar surface area (TPSA) is 88.5 Å². The van der Waals surface area contributed by atoms with Crippen molar-refractivity contribution in [3.63, 3.8) is 0 Å². The van der Waals surface area contributed by atoms with E-state index in [1.54, 1.807) is 43.4 Å². The summed E-state index contributed by atoms with van der Waals surface area (Å²) in [4.78, 5) is 15.0. The van der Waals surface area contributed by atoms with Gasteiger partial charge in [-0.25, -0.2) is 0 Å². The normalized spacial score (nSPS) is 19.4. The lowest BCUT2D eigenvalue weighted by Crippen LogP contribution is -2.49. The Kier molecular flexibility index (Phi) is 6.06. The van der Waals surface area contributed by atoms with Gasteiger partial charge in [-0.3, -0.25) is 4.79 Å². The molecule has 1 saturated heterocycles. The van der Waals surface area contributed by atoms with Crippen molar-refractivity contribution in [2.75, 3.05) is 34.0 Å². The molecule has 150 valence electrons. The van der Waals surface area contributed by atoms with Crippen molar-refractivity contribution in [3.05, 3.63) is 53.1 Å². The van der Waals surface area contributed by atoms with Crippen LogP contribution in [-0.4, -0.2) is 61.1 Å². The number of carbonyl (C=O) groups excluding carboxylic acids is 1. The summed E-state index contributed by atoms with van der Waals surface area (Å²) in [5.41, 5.74) is 1.95. The SMILES string of the molecule is COc1ccc(C2C(CO)OCCN2C(=O)c2cc(O)ccc2C)cc1OC. The number of hydrogen-bond acceptors (Lipinski definition) is 6. The van der Waals surface area contributed by atoms with Gasteiger partial charge in [0.15, 0.2) is 11.5 Å². The minimum atomic E-state index is -0.576. The molecular weight excluding hydrogens is 362 g/mol. The molecule has 0 aliphatic carbocycles. The van der Waals surface area contributed by atoms with E-state index >= 15 is 0 Å². The number of nitrogens with zero attached hydrogens (tertiary/aromatic N) is 1. The third-order valence-electron chi connectivity index (χ3n) is 4.99. The predicted octanol–water partition coefficient (Wildman–Crippen LogP) is 2.29. The van der Waals surface area contributed by atoms with Crippen molar-refractivity contribution in [1.82, 2.24) is 4.90 Å². The molecule has 1 heterocycles. The summed E-state index contributed by atoms with van der Waals surface area (Å²) in [5.74, 6) is 0.909. The van der Waals surface area contributed by atoms with Gasteiger partial charge in [0, 0.05) is 12.1 Å². The zero-order valence-corrected chi connectivity index (χ0v) is 16.2. The number of aliphatic hydroxyl groups excluding tert-OH is 1. The van der Waals surface area contributed by atoms with Crippen molar-refractivity contribution in [3.8, 4) is 17.2 Å². The summed E-state index contributed by atoms with van der Waals surface area (Å²) in [6.45, 7) is 2.27. The van der Waals surface area contributed by atoms with E-state index in [9.17, 15) is 15.0 Å². The van der Waals surface area contributed by atoms with Gasteiger partial charge in [-0.15, -0.1) is 0 Å². The van der Waals surface area contributed by atoms with Gasteiger partial charge in [0.05, 0.1) is 33.5 Å². The first-order valence-corrected chi connectivity index (χ1v) is 9.05. The van der Waals surface area contributed by atoms with E-state index in [1.165, 1.54) is 6.07 Å². The highest BCUT2D eigenvalue weighted by Gasteiger charge is 2.37. The Morgan fingerprint density at radius 3 is 2.61 bits per heavy atom. The Balaban J connectivity index is 2.04. The van der Waals surface area contributed by atoms with Crippen molar-refractivity contribution < 1.29 is 29.2 Å². The Morgan fingerprint density at radius 2 is 1.93 bits per heavy atom. The molecule has 0 radical (unpaired) electrons. The molecule has 7 nitrogen and oxygen atoms in total. The van der Waals surface area contributed by atoms with Crippen LogP contribution in [0.25, 0.3) is 0 Å². The molecule has 1 amide bonds. The summed E-state index contributed by atoms with van der Waals surface area (Å²) in [7, 11) is 3.10. The van der Waals surface area contributed by atoms with E-state index in [0.29, 0.717) is 30.2 Å². The van der Waals surface area contributed by atoms with Crippen molar-refractivity contribution in [2.24, 2.45) is 0 Å². The van der Waals surface area contributed by atoms with Crippen LogP contribution in [-0.2, 0) is 4.74 Å². The van der Waals surface area contributed by atoms with Crippen molar-refractivity contribution in [2.45, 2.75) is 19.1 Å². The lowest BCUT2D eigenvalue weighted by molar-refractivity contribution is -0.0812. The molecule has 2 unspecified atom stereocenters. The van der Waals surface area contributed by atoms with E-state index < -0.39 is 12.1 Å². The number of morpholine rings is 1. The number of benzene rings is 2. The third kappa shape index (κ3) is 3.76. The zero-order chi connectivity index (χ0) is 20.3. The maximum atomic E-state index is 13.3. The van der Waals surface area contributed by atoms with Crippen LogP contribution in [0.15, 0.2) is 36.4 Å². The average Bonchev–Trinajstić information content (AvgIpc) is 2.73. The second-order valence-electron chi connectivity index (χ2n) is 6.65. The Bertz CT molecular complexity index is 853. The highest BCUT2D eigenvalue weighted by Crippen LogP contribution is 2.36. The molecule has 2 aromatic rings. The van der Waals surface area contributed by atoms with Gasteiger partial charge in [0.2, 0.25) is 0 Å². The Hall–Kier alpha value is -2.77. The zero-order valence-electron chi connectivity index (χ0n) is 16.2. The third-order valence-corrected chi connectivity index (χ3v) is 4.99. The predicted molar refractivity (Wildman–Crippen MR) is 103 cm³/mol. The first-order valence-electron chi connectivity index (χ1n) is 9.05. The van der Waals surface area contributed by atoms with E-state index in [-0.39, 0.29) is 18.3 Å². The largest absolute Gasteiger partial charge is 0.508 e. The maximum absolute atomic E-state index is 13.3. The van der Waals surface area contributed by atoms with Gasteiger partial charge in [0.1, 0.15) is 11.9 Å². The number of phenols is 1. The van der Waals surface area contributed by atoms with E-state index in [2.05, 4.69) is 0 Å². The Morgan fingerprint density at radius 1 is 1.18 bits per heavy atom. The quantitative estimate of drug-likeness (QED) is 0.818. The molecule has 28 heavy (non-hydrogen) atoms. The molecule has 3 rings (SSSR count). The molecule has 2 atom stereocenters. The fraction of sp³-hybridized carbons (Fsp3) is 0.381. The van der Waals surface area contributed by atoms with Gasteiger partial charge < -0.3 is 29.3 Å². The molecule has 2 aromatic carbocycles. The highest BCUT2D eigenvalue weighted by atomic mass is 16.5. The van der Waals surface area contributed by atoms with Crippen LogP contribution >= 0.6 is 0 Å². The van der Waals surface area contributed by atoms with Crippen LogP contribution in [0, 0.1) is 6.92 Å². The van der Waals surface area contributed by atoms with Crippen molar-refractivity contribution >= 4 is 5.91 Å². The number of methoxy groups -OCH3 is 2. The van der Waals surface area contributed by atoms with E-state index in [0.717, 1.165) is 11.1 Å². The van der Waals surface area contributed by atoms with Gasteiger partial charge in [-0.2, -0.15) is 0 Å². The molecule has 0 saturated carbocycles. The fourth-order valence-corrected chi connectivity index (χ4v) is 3.54. The number of ether oxygens (including phenoxy) is 3. The molecule has 1 fully saturated rings. The molecule has 0 aromatic heterocycles. The monoisotopic (exact) mass is 387 g/mol. The number of aromatic hydroxyl groups is 1. The first kappa shape index (κ1) is 20.0. The minimum Gasteiger partial charge on any atom is -0.508 e. The second-order valence-corrected chi connectivity index (χ2v) is 6.65. The van der Waals surface area contributed by atoms with Gasteiger partial charge >= 0.3 is 0 Å². The molecule has 2 N–H and O–H groups in total. The molecule has 7 heteroatoms. The smallest absolute Gasteiger partial charge is 0.254 e. The fourth-order valence-electron chi connectivity index (χ4n) is 3.54. The van der Waals surface area contributed by atoms with Gasteiger partial charge in [-0.1, -0.05) is 12.1 Å². The lowest BCUT2D eigenvalue weighted by atomic mass is 9.96. The number of carbonyl (C=O) groups is 1. The summed E-state index contributed by atoms with van der Waals surface area (Å²) < 4.78 is 16.4. The van der Waals surface area contributed by atoms with Crippen LogP contribution < -0.4 is 9.47 Å². The maximum Gasteiger partial charge on any atom is 0.254 e. The summed E-state index contributed by atoms with van der Waals surface area (Å²) >= 11 is 0. The molecule has 0 bridgehead atoms. The van der Waals surface area contributed by atoms with Crippen LogP contribution in [0.2, 0.25) is 0 Å². The van der Waals surface area contributed by atoms with Gasteiger partial charge in [-0.05, 0) is 42.3 Å². The number of hydrogen-bond donors (Lipinski definition) is 2. The molecule has 0 spiro atoms. The number of phenolic OH excluding ortho intramolecular Hbond substituents is 1. The summed E-state index contributed by atoms with van der Waals surface area (Å²) in [6.07, 6.45) is -0.576. The van der Waals surface area contributed by atoms with Gasteiger partial charge in [0.25, 0.3) is 5.91 Å². The van der Waals surface area contributed by atoms with Crippen LogP contribution in [0.1, 0.15) is 27.5 Å². The average molecular weight is 387 g/mol. The Labute approximate surface area is 164 Å². The summed E-state index contributed by atoms with van der Waals surface area (Å²) in [5, 5.41) is 19.7. The standard InChI is InChI=1S/C21H25NO6/c1-13-4-6-15(24)11-16(13)21(25)22-8-9-28-19(12-23)20(22)14-5-7-17(26-2)18(10-14)27-3/h4-7,10-11,19-20,23-24H,8-9,12H2,1-3H3. The van der Waals surface area contributed by atoms with Crippen LogP contribution in [0.5, 0.6) is 17.2 Å².